The lowest BCUT2D eigenvalue weighted by atomic mass is 10.00. The molecule has 2 aromatic heterocycles. The highest BCUT2D eigenvalue weighted by atomic mass is 32.1. The Bertz CT molecular complexity index is 607. The molecule has 0 N–H and O–H groups in total. The van der Waals surface area contributed by atoms with Gasteiger partial charge in [-0.25, -0.2) is 0 Å². The minimum atomic E-state index is 0.0777. The molecule has 0 spiro atoms. The summed E-state index contributed by atoms with van der Waals surface area (Å²) in [5, 5.41) is 12.4. The van der Waals surface area contributed by atoms with Crippen LogP contribution in [-0.4, -0.2) is 32.1 Å². The predicted octanol–water partition coefficient (Wildman–Crippen LogP) is 3.05. The fourth-order valence-electron chi connectivity index (χ4n) is 3.10. The van der Waals surface area contributed by atoms with E-state index in [1.54, 1.807) is 17.7 Å². The maximum atomic E-state index is 12.7. The van der Waals surface area contributed by atoms with Crippen molar-refractivity contribution in [2.24, 2.45) is 0 Å². The highest BCUT2D eigenvalue weighted by Crippen LogP contribution is 2.30. The van der Waals surface area contributed by atoms with Gasteiger partial charge in [0.15, 0.2) is 5.82 Å². The first-order valence-corrected chi connectivity index (χ1v) is 8.92. The Kier molecular flexibility index (Phi) is 4.87. The summed E-state index contributed by atoms with van der Waals surface area (Å²) in [4.78, 5) is 14.7. The highest BCUT2D eigenvalue weighted by molar-refractivity contribution is 7.07. The van der Waals surface area contributed by atoms with Crippen molar-refractivity contribution in [3.63, 3.8) is 0 Å². The van der Waals surface area contributed by atoms with E-state index in [4.69, 9.17) is 0 Å². The third-order valence-corrected chi connectivity index (χ3v) is 4.90. The molecule has 2 aromatic rings. The standard InChI is InChI=1S/C16H22N4OS/c1-2-7-19-12-17-18-16(19)14-5-3-4-8-20(14)15(21)10-13-6-9-22-11-13/h6,9,11-12,14H,2-5,7-8,10H2,1H3/t14-/m1/s1. The van der Waals surface area contributed by atoms with E-state index in [0.29, 0.717) is 6.42 Å². The maximum absolute atomic E-state index is 12.7. The average molecular weight is 318 g/mol. The van der Waals surface area contributed by atoms with E-state index >= 15 is 0 Å². The molecule has 0 unspecified atom stereocenters. The summed E-state index contributed by atoms with van der Waals surface area (Å²) in [6, 6.07) is 2.11. The summed E-state index contributed by atoms with van der Waals surface area (Å²) in [6.07, 6.45) is 6.52. The number of piperidine rings is 1. The van der Waals surface area contributed by atoms with E-state index in [-0.39, 0.29) is 11.9 Å². The molecule has 0 bridgehead atoms. The number of likely N-dealkylation sites (tertiary alicyclic amines) is 1. The van der Waals surface area contributed by atoms with Gasteiger partial charge >= 0.3 is 0 Å². The van der Waals surface area contributed by atoms with Crippen LogP contribution >= 0.6 is 11.3 Å². The van der Waals surface area contributed by atoms with Gasteiger partial charge in [0.1, 0.15) is 6.33 Å². The summed E-state index contributed by atoms with van der Waals surface area (Å²) in [6.45, 7) is 3.88. The first-order valence-electron chi connectivity index (χ1n) is 7.98. The van der Waals surface area contributed by atoms with Gasteiger partial charge in [-0.15, -0.1) is 10.2 Å². The fourth-order valence-corrected chi connectivity index (χ4v) is 3.77. The van der Waals surface area contributed by atoms with Gasteiger partial charge in [-0.05, 0) is 48.1 Å². The van der Waals surface area contributed by atoms with Crippen molar-refractivity contribution in [1.29, 1.82) is 0 Å². The normalized spacial score (nSPS) is 18.6. The number of aromatic nitrogens is 3. The quantitative estimate of drug-likeness (QED) is 0.851. The number of carbonyl (C=O) groups excluding carboxylic acids is 1. The van der Waals surface area contributed by atoms with E-state index in [1.165, 1.54) is 0 Å². The number of carbonyl (C=O) groups is 1. The molecule has 22 heavy (non-hydrogen) atoms. The third-order valence-electron chi connectivity index (χ3n) is 4.17. The van der Waals surface area contributed by atoms with E-state index in [1.807, 2.05) is 16.3 Å². The molecule has 1 amide bonds. The number of hydrogen-bond donors (Lipinski definition) is 0. The second kappa shape index (κ2) is 7.05. The molecule has 6 heteroatoms. The van der Waals surface area contributed by atoms with E-state index in [0.717, 1.165) is 50.2 Å². The van der Waals surface area contributed by atoms with Crippen LogP contribution in [0.2, 0.25) is 0 Å². The molecule has 0 aromatic carbocycles. The molecule has 0 radical (unpaired) electrons. The minimum absolute atomic E-state index is 0.0777. The molecule has 3 rings (SSSR count). The fraction of sp³-hybridized carbons (Fsp3) is 0.562. The van der Waals surface area contributed by atoms with Crippen molar-refractivity contribution < 1.29 is 4.79 Å². The van der Waals surface area contributed by atoms with Crippen molar-refractivity contribution in [3.8, 4) is 0 Å². The number of amides is 1. The number of thiophene rings is 1. The van der Waals surface area contributed by atoms with E-state index < -0.39 is 0 Å². The Balaban J connectivity index is 1.78. The molecule has 5 nitrogen and oxygen atoms in total. The lowest BCUT2D eigenvalue weighted by Crippen LogP contribution is -2.40. The third kappa shape index (κ3) is 3.21. The van der Waals surface area contributed by atoms with Crippen LogP contribution in [-0.2, 0) is 17.8 Å². The van der Waals surface area contributed by atoms with Gasteiger partial charge in [-0.3, -0.25) is 4.79 Å². The van der Waals surface area contributed by atoms with Gasteiger partial charge < -0.3 is 9.47 Å². The molecule has 1 aliphatic heterocycles. The largest absolute Gasteiger partial charge is 0.332 e. The molecule has 0 saturated carbocycles. The SMILES string of the molecule is CCCn1cnnc1[C@H]1CCCCN1C(=O)Cc1ccsc1. The summed E-state index contributed by atoms with van der Waals surface area (Å²) < 4.78 is 2.10. The first-order chi connectivity index (χ1) is 10.8. The van der Waals surface area contributed by atoms with Crippen molar-refractivity contribution in [2.75, 3.05) is 6.54 Å². The van der Waals surface area contributed by atoms with Crippen LogP contribution in [0.15, 0.2) is 23.2 Å². The summed E-state index contributed by atoms with van der Waals surface area (Å²) in [7, 11) is 0. The Hall–Kier alpha value is -1.69. The Morgan fingerprint density at radius 1 is 1.45 bits per heavy atom. The topological polar surface area (TPSA) is 51.0 Å². The van der Waals surface area contributed by atoms with Gasteiger partial charge in [0, 0.05) is 13.1 Å². The first kappa shape index (κ1) is 15.2. The molecular weight excluding hydrogens is 296 g/mol. The Labute approximate surface area is 135 Å². The second-order valence-corrected chi connectivity index (χ2v) is 6.57. The van der Waals surface area contributed by atoms with Crippen LogP contribution in [0.25, 0.3) is 0 Å². The van der Waals surface area contributed by atoms with Crippen LogP contribution in [0.5, 0.6) is 0 Å². The average Bonchev–Trinajstić information content (AvgIpc) is 3.19. The maximum Gasteiger partial charge on any atom is 0.227 e. The van der Waals surface area contributed by atoms with Gasteiger partial charge in [0.25, 0.3) is 0 Å². The van der Waals surface area contributed by atoms with Gasteiger partial charge in [0.05, 0.1) is 12.5 Å². The number of nitrogens with zero attached hydrogens (tertiary/aromatic N) is 4. The van der Waals surface area contributed by atoms with Crippen LogP contribution in [0.1, 0.15) is 50.0 Å². The Morgan fingerprint density at radius 3 is 3.14 bits per heavy atom. The van der Waals surface area contributed by atoms with Crippen molar-refractivity contribution >= 4 is 17.2 Å². The zero-order chi connectivity index (χ0) is 15.4. The molecule has 0 aliphatic carbocycles. The predicted molar refractivity (Wildman–Crippen MR) is 86.6 cm³/mol. The molecule has 1 atom stereocenters. The summed E-state index contributed by atoms with van der Waals surface area (Å²) in [5.74, 6) is 1.15. The minimum Gasteiger partial charge on any atom is -0.332 e. The Morgan fingerprint density at radius 2 is 2.36 bits per heavy atom. The van der Waals surface area contributed by atoms with Crippen molar-refractivity contribution in [1.82, 2.24) is 19.7 Å². The lowest BCUT2D eigenvalue weighted by molar-refractivity contribution is -0.134. The van der Waals surface area contributed by atoms with Crippen LogP contribution in [0.3, 0.4) is 0 Å². The van der Waals surface area contributed by atoms with Crippen molar-refractivity contribution in [2.45, 2.75) is 51.6 Å². The van der Waals surface area contributed by atoms with Crippen molar-refractivity contribution in [3.05, 3.63) is 34.5 Å². The zero-order valence-corrected chi connectivity index (χ0v) is 13.8. The number of aryl methyl sites for hydroxylation is 1. The van der Waals surface area contributed by atoms with Gasteiger partial charge in [-0.2, -0.15) is 11.3 Å². The smallest absolute Gasteiger partial charge is 0.227 e. The van der Waals surface area contributed by atoms with Crippen LogP contribution in [0.4, 0.5) is 0 Å². The molecule has 1 fully saturated rings. The molecule has 3 heterocycles. The number of hydrogen-bond acceptors (Lipinski definition) is 4. The summed E-state index contributed by atoms with van der Waals surface area (Å²) >= 11 is 1.64. The molecule has 118 valence electrons. The zero-order valence-electron chi connectivity index (χ0n) is 12.9. The van der Waals surface area contributed by atoms with E-state index in [9.17, 15) is 4.79 Å². The molecule has 1 aliphatic rings. The van der Waals surface area contributed by atoms with Crippen LogP contribution < -0.4 is 0 Å². The van der Waals surface area contributed by atoms with Crippen LogP contribution in [0, 0.1) is 0 Å². The molecule has 1 saturated heterocycles. The van der Waals surface area contributed by atoms with E-state index in [2.05, 4.69) is 27.1 Å². The molecular formula is C16H22N4OS. The second-order valence-electron chi connectivity index (χ2n) is 5.79. The van der Waals surface area contributed by atoms with Gasteiger partial charge in [-0.1, -0.05) is 6.92 Å². The number of rotatable bonds is 5. The summed E-state index contributed by atoms with van der Waals surface area (Å²) in [5.41, 5.74) is 1.11. The van der Waals surface area contributed by atoms with Gasteiger partial charge in [0.2, 0.25) is 5.91 Å². The lowest BCUT2D eigenvalue weighted by Gasteiger charge is -2.35. The highest BCUT2D eigenvalue weighted by Gasteiger charge is 2.31. The monoisotopic (exact) mass is 318 g/mol.